The minimum atomic E-state index is -3.64. The van der Waals surface area contributed by atoms with Crippen molar-refractivity contribution in [3.8, 4) is 0 Å². The van der Waals surface area contributed by atoms with Crippen molar-refractivity contribution >= 4 is 42.3 Å². The van der Waals surface area contributed by atoms with E-state index in [2.05, 4.69) is 9.71 Å². The predicted molar refractivity (Wildman–Crippen MR) is 97.6 cm³/mol. The van der Waals surface area contributed by atoms with Gasteiger partial charge < -0.3 is 0 Å². The topological polar surface area (TPSA) is 59.1 Å². The lowest BCUT2D eigenvalue weighted by molar-refractivity contribution is 0.582. The molecular weight excluding hydrogens is 340 g/mol. The third kappa shape index (κ3) is 2.69. The first kappa shape index (κ1) is 15.3. The lowest BCUT2D eigenvalue weighted by Crippen LogP contribution is -2.23. The van der Waals surface area contributed by atoms with Crippen LogP contribution >= 0.6 is 11.3 Å². The highest BCUT2D eigenvalue weighted by Crippen LogP contribution is 2.26. The molecule has 0 amide bonds. The highest BCUT2D eigenvalue weighted by molar-refractivity contribution is 7.89. The second kappa shape index (κ2) is 5.98. The highest BCUT2D eigenvalue weighted by atomic mass is 32.2. The smallest absolute Gasteiger partial charge is 0.243 e. The Morgan fingerprint density at radius 3 is 2.75 bits per heavy atom. The molecule has 4 nitrogen and oxygen atoms in total. The van der Waals surface area contributed by atoms with E-state index in [4.69, 9.17) is 0 Å². The molecule has 0 bridgehead atoms. The number of nitrogens with zero attached hydrogens (tertiary/aromatic N) is 1. The van der Waals surface area contributed by atoms with Crippen LogP contribution in [0.4, 0.5) is 0 Å². The zero-order chi connectivity index (χ0) is 16.6. The standard InChI is InChI=1S/C18H14N2O2S2/c21-24(22,17-9-3-5-13-6-4-10-19-18(13)17)20-11-14-12-23-16-8-2-1-7-15(14)16/h1-10,12,20H,11H2. The quantitative estimate of drug-likeness (QED) is 0.604. The molecule has 0 saturated heterocycles. The van der Waals surface area contributed by atoms with Gasteiger partial charge in [0, 0.05) is 22.8 Å². The van der Waals surface area contributed by atoms with E-state index >= 15 is 0 Å². The largest absolute Gasteiger partial charge is 0.255 e. The van der Waals surface area contributed by atoms with E-state index in [1.165, 1.54) is 0 Å². The third-order valence-electron chi connectivity index (χ3n) is 3.90. The lowest BCUT2D eigenvalue weighted by atomic mass is 10.2. The minimum Gasteiger partial charge on any atom is -0.255 e. The molecule has 4 aromatic rings. The molecule has 0 aliphatic heterocycles. The Bertz CT molecular complexity index is 1130. The van der Waals surface area contributed by atoms with E-state index in [0.717, 1.165) is 21.0 Å². The van der Waals surface area contributed by atoms with Gasteiger partial charge in [0.05, 0.1) is 5.52 Å². The van der Waals surface area contributed by atoms with Crippen molar-refractivity contribution in [2.75, 3.05) is 0 Å². The first-order chi connectivity index (χ1) is 11.6. The fourth-order valence-corrected chi connectivity index (χ4v) is 4.86. The van der Waals surface area contributed by atoms with Gasteiger partial charge >= 0.3 is 0 Å². The molecule has 0 saturated carbocycles. The molecule has 0 spiro atoms. The van der Waals surface area contributed by atoms with Crippen LogP contribution in [0.2, 0.25) is 0 Å². The third-order valence-corrected chi connectivity index (χ3v) is 6.34. The summed E-state index contributed by atoms with van der Waals surface area (Å²) >= 11 is 1.62. The van der Waals surface area contributed by atoms with Crippen LogP contribution in [-0.4, -0.2) is 13.4 Å². The van der Waals surface area contributed by atoms with E-state index < -0.39 is 10.0 Å². The molecule has 0 fully saturated rings. The monoisotopic (exact) mass is 354 g/mol. The highest BCUT2D eigenvalue weighted by Gasteiger charge is 2.18. The number of benzene rings is 2. The number of hydrogen-bond donors (Lipinski definition) is 1. The summed E-state index contributed by atoms with van der Waals surface area (Å²) in [5.41, 5.74) is 1.47. The van der Waals surface area contributed by atoms with E-state index in [-0.39, 0.29) is 11.4 Å². The molecule has 0 atom stereocenters. The maximum absolute atomic E-state index is 12.7. The predicted octanol–water partition coefficient (Wildman–Crippen LogP) is 3.93. The van der Waals surface area contributed by atoms with E-state index in [0.29, 0.717) is 5.52 Å². The molecule has 0 aliphatic rings. The summed E-state index contributed by atoms with van der Waals surface area (Å²) in [6.07, 6.45) is 1.60. The van der Waals surface area contributed by atoms with Crippen LogP contribution in [0.25, 0.3) is 21.0 Å². The summed E-state index contributed by atoms with van der Waals surface area (Å²) in [6, 6.07) is 16.8. The van der Waals surface area contributed by atoms with Crippen LogP contribution in [0.5, 0.6) is 0 Å². The maximum Gasteiger partial charge on any atom is 0.243 e. The van der Waals surface area contributed by atoms with Crippen molar-refractivity contribution in [1.29, 1.82) is 0 Å². The van der Waals surface area contributed by atoms with Crippen molar-refractivity contribution < 1.29 is 8.42 Å². The van der Waals surface area contributed by atoms with Crippen LogP contribution in [0.3, 0.4) is 0 Å². The SMILES string of the molecule is O=S(=O)(NCc1csc2ccccc12)c1cccc2cccnc12. The van der Waals surface area contributed by atoms with Gasteiger partial charge in [-0.1, -0.05) is 36.4 Å². The van der Waals surface area contributed by atoms with Gasteiger partial charge in [0.2, 0.25) is 10.0 Å². The Hall–Kier alpha value is -2.28. The molecule has 0 radical (unpaired) electrons. The number of thiophene rings is 1. The molecule has 0 aliphatic carbocycles. The van der Waals surface area contributed by atoms with Gasteiger partial charge in [-0.3, -0.25) is 4.98 Å². The molecule has 2 aromatic heterocycles. The van der Waals surface area contributed by atoms with Crippen molar-refractivity contribution in [3.05, 3.63) is 71.7 Å². The molecule has 24 heavy (non-hydrogen) atoms. The van der Waals surface area contributed by atoms with Gasteiger partial charge in [-0.2, -0.15) is 0 Å². The Morgan fingerprint density at radius 2 is 1.83 bits per heavy atom. The molecule has 4 rings (SSSR count). The number of hydrogen-bond acceptors (Lipinski definition) is 4. The Kier molecular flexibility index (Phi) is 3.80. The van der Waals surface area contributed by atoms with Crippen LogP contribution < -0.4 is 4.72 Å². The van der Waals surface area contributed by atoms with Gasteiger partial charge in [0.1, 0.15) is 4.90 Å². The fourth-order valence-electron chi connectivity index (χ4n) is 2.71. The van der Waals surface area contributed by atoms with Crippen molar-refractivity contribution in [1.82, 2.24) is 9.71 Å². The van der Waals surface area contributed by atoms with Gasteiger partial charge in [-0.05, 0) is 34.5 Å². The number of nitrogens with one attached hydrogen (secondary N) is 1. The number of sulfonamides is 1. The maximum atomic E-state index is 12.7. The average molecular weight is 354 g/mol. The number of para-hydroxylation sites is 1. The van der Waals surface area contributed by atoms with Crippen molar-refractivity contribution in [2.24, 2.45) is 0 Å². The summed E-state index contributed by atoms with van der Waals surface area (Å²) in [7, 11) is -3.64. The fraction of sp³-hybridized carbons (Fsp3) is 0.0556. The molecule has 1 N–H and O–H groups in total. The Morgan fingerprint density at radius 1 is 1.00 bits per heavy atom. The first-order valence-electron chi connectivity index (χ1n) is 7.44. The number of aromatic nitrogens is 1. The van der Waals surface area contributed by atoms with Gasteiger partial charge in [-0.15, -0.1) is 11.3 Å². The minimum absolute atomic E-state index is 0.208. The summed E-state index contributed by atoms with van der Waals surface area (Å²) in [5, 5.41) is 3.89. The number of pyridine rings is 1. The average Bonchev–Trinajstić information content (AvgIpc) is 3.03. The summed E-state index contributed by atoms with van der Waals surface area (Å²) in [5.74, 6) is 0. The van der Waals surface area contributed by atoms with Crippen molar-refractivity contribution in [3.63, 3.8) is 0 Å². The molecule has 120 valence electrons. The summed E-state index contributed by atoms with van der Waals surface area (Å²) in [4.78, 5) is 4.43. The van der Waals surface area contributed by atoms with Gasteiger partial charge in [0.15, 0.2) is 0 Å². The number of fused-ring (bicyclic) bond motifs is 2. The van der Waals surface area contributed by atoms with E-state index in [9.17, 15) is 8.42 Å². The zero-order valence-electron chi connectivity index (χ0n) is 12.6. The Labute approximate surface area is 143 Å². The van der Waals surface area contributed by atoms with Crippen LogP contribution in [0.1, 0.15) is 5.56 Å². The second-order valence-corrected chi connectivity index (χ2v) is 8.06. The molecule has 0 unspecified atom stereocenters. The lowest BCUT2D eigenvalue weighted by Gasteiger charge is -2.08. The Balaban J connectivity index is 1.68. The molecular formula is C18H14N2O2S2. The molecule has 2 aromatic carbocycles. The van der Waals surface area contributed by atoms with Crippen LogP contribution in [0.15, 0.2) is 71.1 Å². The molecule has 6 heteroatoms. The van der Waals surface area contributed by atoms with Crippen LogP contribution in [0, 0.1) is 0 Å². The van der Waals surface area contributed by atoms with E-state index in [1.54, 1.807) is 35.7 Å². The zero-order valence-corrected chi connectivity index (χ0v) is 14.3. The second-order valence-electron chi connectivity index (χ2n) is 5.41. The van der Waals surface area contributed by atoms with Gasteiger partial charge in [0.25, 0.3) is 0 Å². The van der Waals surface area contributed by atoms with Crippen molar-refractivity contribution in [2.45, 2.75) is 11.4 Å². The van der Waals surface area contributed by atoms with Gasteiger partial charge in [-0.25, -0.2) is 13.1 Å². The normalized spacial score (nSPS) is 12.0. The van der Waals surface area contributed by atoms with Crippen LogP contribution in [-0.2, 0) is 16.6 Å². The van der Waals surface area contributed by atoms with E-state index in [1.807, 2.05) is 41.8 Å². The first-order valence-corrected chi connectivity index (χ1v) is 9.80. The number of rotatable bonds is 4. The summed E-state index contributed by atoms with van der Waals surface area (Å²) < 4.78 is 29.3. The molecule has 2 heterocycles. The summed E-state index contributed by atoms with van der Waals surface area (Å²) in [6.45, 7) is 0.259.